The Kier molecular flexibility index (Phi) is 7.49. The third-order valence-corrected chi connectivity index (χ3v) is 7.11. The molecule has 0 saturated carbocycles. The number of rotatable bonds is 6. The molecular weight excluding hydrogens is 481 g/mol. The maximum absolute atomic E-state index is 15.8. The summed E-state index contributed by atoms with van der Waals surface area (Å²) < 4.78 is 15.8. The first-order chi connectivity index (χ1) is 18.0. The number of aryl methyl sites for hydroxylation is 1. The van der Waals surface area contributed by atoms with Crippen LogP contribution in [0.15, 0.2) is 48.5 Å². The summed E-state index contributed by atoms with van der Waals surface area (Å²) in [5.74, 6) is -0.179. The third kappa shape index (κ3) is 5.23. The first-order valence-corrected chi connectivity index (χ1v) is 12.7. The highest BCUT2D eigenvalue weighted by Crippen LogP contribution is 2.38. The maximum Gasteiger partial charge on any atom is 0.254 e. The van der Waals surface area contributed by atoms with Crippen LogP contribution in [0.3, 0.4) is 0 Å². The number of hydrogen-bond acceptors (Lipinski definition) is 5. The van der Waals surface area contributed by atoms with Gasteiger partial charge < -0.3 is 16.0 Å². The average molecular weight is 514 g/mol. The van der Waals surface area contributed by atoms with Gasteiger partial charge in [0.2, 0.25) is 0 Å². The fourth-order valence-electron chi connectivity index (χ4n) is 5.03. The zero-order chi connectivity index (χ0) is 27.6. The van der Waals surface area contributed by atoms with Crippen LogP contribution in [-0.4, -0.2) is 40.8 Å². The predicted molar refractivity (Wildman–Crippen MR) is 146 cm³/mol. The van der Waals surface area contributed by atoms with Crippen LogP contribution >= 0.6 is 0 Å². The Bertz CT molecular complexity index is 1420. The largest absolute Gasteiger partial charge is 0.368 e. The van der Waals surface area contributed by atoms with Crippen LogP contribution in [0.25, 0.3) is 11.3 Å². The van der Waals surface area contributed by atoms with Crippen molar-refractivity contribution in [3.63, 3.8) is 0 Å². The fourth-order valence-corrected chi connectivity index (χ4v) is 5.03. The number of nitrogens with two attached hydrogens (primary N) is 1. The van der Waals surface area contributed by atoms with E-state index in [0.717, 1.165) is 5.56 Å². The summed E-state index contributed by atoms with van der Waals surface area (Å²) in [4.78, 5) is 32.3. The molecule has 0 unspecified atom stereocenters. The lowest BCUT2D eigenvalue weighted by Gasteiger charge is -2.37. The minimum absolute atomic E-state index is 0.136. The number of nitrogens with one attached hydrogen (secondary N) is 1. The Balaban J connectivity index is 1.64. The summed E-state index contributed by atoms with van der Waals surface area (Å²) in [7, 11) is 0. The second-order valence-electron chi connectivity index (χ2n) is 10.1. The van der Waals surface area contributed by atoms with Crippen LogP contribution < -0.4 is 11.1 Å². The topological polar surface area (TPSA) is 112 Å². The van der Waals surface area contributed by atoms with Crippen molar-refractivity contribution < 1.29 is 14.0 Å². The molecule has 4 rings (SSSR count). The van der Waals surface area contributed by atoms with Gasteiger partial charge >= 0.3 is 0 Å². The zero-order valence-corrected chi connectivity index (χ0v) is 22.1. The highest BCUT2D eigenvalue weighted by molar-refractivity contribution is 6.02. The third-order valence-electron chi connectivity index (χ3n) is 7.11. The van der Waals surface area contributed by atoms with Crippen molar-refractivity contribution in [3.8, 4) is 17.3 Å². The molecule has 1 aliphatic heterocycles. The lowest BCUT2D eigenvalue weighted by Crippen LogP contribution is -2.43. The Morgan fingerprint density at radius 2 is 1.74 bits per heavy atom. The first-order valence-electron chi connectivity index (χ1n) is 12.7. The molecule has 0 aliphatic carbocycles. The van der Waals surface area contributed by atoms with E-state index in [2.05, 4.69) is 10.3 Å². The summed E-state index contributed by atoms with van der Waals surface area (Å²) in [6.45, 7) is 8.20. The minimum Gasteiger partial charge on any atom is -0.368 e. The maximum atomic E-state index is 15.8. The van der Waals surface area contributed by atoms with Gasteiger partial charge in [0, 0.05) is 43.1 Å². The number of piperidine rings is 1. The Morgan fingerprint density at radius 3 is 2.32 bits per heavy atom. The Labute approximate surface area is 222 Å². The fraction of sp³-hybridized carbons (Fsp3) is 0.333. The number of alkyl halides is 1. The van der Waals surface area contributed by atoms with Crippen LogP contribution in [0.1, 0.15) is 69.7 Å². The Hall–Kier alpha value is -4.25. The van der Waals surface area contributed by atoms with E-state index in [0.29, 0.717) is 39.3 Å². The summed E-state index contributed by atoms with van der Waals surface area (Å²) in [6, 6.07) is 15.8. The lowest BCUT2D eigenvalue weighted by molar-refractivity contribution is 0.0420. The summed E-state index contributed by atoms with van der Waals surface area (Å²) >= 11 is 0. The highest BCUT2D eigenvalue weighted by atomic mass is 19.1. The molecule has 0 spiro atoms. The van der Waals surface area contributed by atoms with Gasteiger partial charge in [-0.25, -0.2) is 9.37 Å². The molecular formula is C30H32FN5O2. The molecule has 1 aromatic heterocycles. The molecule has 1 fully saturated rings. The molecule has 196 valence electrons. The van der Waals surface area contributed by atoms with E-state index in [9.17, 15) is 9.59 Å². The number of primary amides is 1. The molecule has 7 nitrogen and oxygen atoms in total. The number of carbonyl (C=O) groups excluding carboxylic acids is 2. The van der Waals surface area contributed by atoms with Gasteiger partial charge in [0.25, 0.3) is 11.8 Å². The van der Waals surface area contributed by atoms with E-state index < -0.39 is 11.6 Å². The quantitative estimate of drug-likeness (QED) is 0.467. The monoisotopic (exact) mass is 513 g/mol. The van der Waals surface area contributed by atoms with Crippen molar-refractivity contribution in [2.24, 2.45) is 5.73 Å². The Morgan fingerprint density at radius 1 is 1.08 bits per heavy atom. The molecule has 0 radical (unpaired) electrons. The molecule has 1 aliphatic rings. The van der Waals surface area contributed by atoms with Gasteiger partial charge in [0.1, 0.15) is 11.5 Å². The number of halogens is 1. The smallest absolute Gasteiger partial charge is 0.254 e. The van der Waals surface area contributed by atoms with E-state index in [1.54, 1.807) is 41.3 Å². The molecule has 0 bridgehead atoms. The molecule has 8 heteroatoms. The minimum atomic E-state index is -1.55. The number of pyridine rings is 1. The number of hydrogen-bond donors (Lipinski definition) is 2. The summed E-state index contributed by atoms with van der Waals surface area (Å²) in [5, 5.41) is 12.3. The summed E-state index contributed by atoms with van der Waals surface area (Å²) in [6.07, 6.45) is 0.331. The van der Waals surface area contributed by atoms with Gasteiger partial charge in [0.05, 0.1) is 22.9 Å². The van der Waals surface area contributed by atoms with Gasteiger partial charge in [0.15, 0.2) is 0 Å². The number of aromatic nitrogens is 1. The molecule has 3 N–H and O–H groups in total. The molecule has 0 atom stereocenters. The van der Waals surface area contributed by atoms with Crippen molar-refractivity contribution in [1.82, 2.24) is 9.88 Å². The van der Waals surface area contributed by atoms with Crippen molar-refractivity contribution in [3.05, 3.63) is 81.9 Å². The zero-order valence-electron chi connectivity index (χ0n) is 22.1. The lowest BCUT2D eigenvalue weighted by atomic mass is 9.85. The van der Waals surface area contributed by atoms with Crippen LogP contribution in [0, 0.1) is 25.2 Å². The highest BCUT2D eigenvalue weighted by Gasteiger charge is 2.38. The van der Waals surface area contributed by atoms with Gasteiger partial charge in [-0.3, -0.25) is 9.59 Å². The van der Waals surface area contributed by atoms with E-state index in [-0.39, 0.29) is 43.4 Å². The van der Waals surface area contributed by atoms with Crippen LogP contribution in [-0.2, 0) is 5.67 Å². The molecule has 2 amide bonds. The average Bonchev–Trinajstić information content (AvgIpc) is 2.88. The van der Waals surface area contributed by atoms with Crippen molar-refractivity contribution in [1.29, 1.82) is 5.26 Å². The van der Waals surface area contributed by atoms with Gasteiger partial charge in [-0.05, 0) is 68.7 Å². The second-order valence-corrected chi connectivity index (χ2v) is 10.1. The number of likely N-dealkylation sites (tertiary alicyclic amines) is 1. The van der Waals surface area contributed by atoms with Gasteiger partial charge in [-0.1, -0.05) is 24.3 Å². The number of benzene rings is 2. The molecule has 2 heterocycles. The van der Waals surface area contributed by atoms with Crippen LogP contribution in [0.2, 0.25) is 0 Å². The van der Waals surface area contributed by atoms with Gasteiger partial charge in [-0.2, -0.15) is 5.26 Å². The first kappa shape index (κ1) is 26.8. The number of carbonyl (C=O) groups is 2. The predicted octanol–water partition coefficient (Wildman–Crippen LogP) is 5.26. The number of anilines is 1. The van der Waals surface area contributed by atoms with Crippen LogP contribution in [0.4, 0.5) is 10.2 Å². The number of amides is 2. The van der Waals surface area contributed by atoms with Crippen molar-refractivity contribution in [2.75, 3.05) is 18.4 Å². The molecule has 1 saturated heterocycles. The van der Waals surface area contributed by atoms with Crippen LogP contribution in [0.5, 0.6) is 0 Å². The SMILES string of the molecule is Cc1ccc(-c2nc(NC(C)C)ccc2C(N)=O)c(C)c1C(=O)N1CCC(F)(c2ccc(C#N)cc2)CC1. The second kappa shape index (κ2) is 10.6. The van der Waals surface area contributed by atoms with Crippen molar-refractivity contribution in [2.45, 2.75) is 52.2 Å². The standard InChI is InChI=1S/C30H32FN5O2/c1-18(2)34-25-12-11-24(28(33)37)27(35-25)23-10-5-19(3)26(20(23)4)29(38)36-15-13-30(31,14-16-36)22-8-6-21(17-32)7-9-22/h5-12,18H,13-16H2,1-4H3,(H2,33,37)(H,34,35). The van der Waals surface area contributed by atoms with E-state index in [1.165, 1.54) is 0 Å². The number of nitriles is 1. The van der Waals surface area contributed by atoms with E-state index in [4.69, 9.17) is 11.0 Å². The summed E-state index contributed by atoms with van der Waals surface area (Å²) in [5.41, 5.74) is 8.45. The molecule has 2 aromatic carbocycles. The number of nitrogens with zero attached hydrogens (tertiary/aromatic N) is 3. The van der Waals surface area contributed by atoms with Crippen molar-refractivity contribution >= 4 is 17.6 Å². The van der Waals surface area contributed by atoms with E-state index in [1.807, 2.05) is 45.9 Å². The molecule has 3 aromatic rings. The molecule has 38 heavy (non-hydrogen) atoms. The van der Waals surface area contributed by atoms with Gasteiger partial charge in [-0.15, -0.1) is 0 Å². The van der Waals surface area contributed by atoms with E-state index >= 15 is 4.39 Å². The normalized spacial score (nSPS) is 14.7.